The molecule has 0 spiro atoms. The van der Waals surface area contributed by atoms with Crippen LogP contribution < -0.4 is 5.32 Å². The Hall–Kier alpha value is -2.63. The summed E-state index contributed by atoms with van der Waals surface area (Å²) in [6, 6.07) is 11.0. The average molecular weight is 313 g/mol. The van der Waals surface area contributed by atoms with Gasteiger partial charge in [0.25, 0.3) is 5.91 Å². The molecule has 2 N–H and O–H groups in total. The van der Waals surface area contributed by atoms with Crippen LogP contribution in [0, 0.1) is 0 Å². The second-order valence-corrected chi connectivity index (χ2v) is 5.88. The van der Waals surface area contributed by atoms with Crippen molar-refractivity contribution < 1.29 is 14.7 Å². The molecule has 6 nitrogen and oxygen atoms in total. The minimum Gasteiger partial charge on any atom is -0.480 e. The fraction of sp³-hybridized carbons (Fsp3) is 0.353. The predicted octanol–water partition coefficient (Wildman–Crippen LogP) is 2.39. The van der Waals surface area contributed by atoms with Crippen molar-refractivity contribution in [2.45, 2.75) is 37.6 Å². The fourth-order valence-electron chi connectivity index (χ4n) is 3.00. The van der Waals surface area contributed by atoms with Crippen molar-refractivity contribution in [2.75, 3.05) is 0 Å². The van der Waals surface area contributed by atoms with Crippen LogP contribution in [0.15, 0.2) is 42.6 Å². The lowest BCUT2D eigenvalue weighted by Gasteiger charge is -2.33. The first-order valence-corrected chi connectivity index (χ1v) is 7.78. The molecule has 0 unspecified atom stereocenters. The number of nitrogens with zero attached hydrogens (tertiary/aromatic N) is 2. The smallest absolute Gasteiger partial charge is 0.329 e. The Morgan fingerprint density at radius 3 is 2.43 bits per heavy atom. The number of nitrogens with one attached hydrogen (secondary N) is 1. The van der Waals surface area contributed by atoms with Crippen molar-refractivity contribution in [1.29, 1.82) is 0 Å². The van der Waals surface area contributed by atoms with E-state index in [1.165, 1.54) is 0 Å². The first-order chi connectivity index (χ1) is 11.1. The van der Waals surface area contributed by atoms with Gasteiger partial charge in [-0.15, -0.1) is 0 Å². The van der Waals surface area contributed by atoms with Crippen LogP contribution in [0.2, 0.25) is 0 Å². The number of carboxylic acids is 1. The Morgan fingerprint density at radius 1 is 1.09 bits per heavy atom. The third-order valence-electron chi connectivity index (χ3n) is 4.31. The molecule has 1 aromatic carbocycles. The number of carboxylic acid groups (broad SMARTS) is 1. The second-order valence-electron chi connectivity index (χ2n) is 5.88. The Bertz CT molecular complexity index is 703. The lowest BCUT2D eigenvalue weighted by atomic mass is 9.81. The maximum absolute atomic E-state index is 12.4. The number of aromatic nitrogens is 2. The van der Waals surface area contributed by atoms with Crippen LogP contribution in [0.3, 0.4) is 0 Å². The van der Waals surface area contributed by atoms with Crippen molar-refractivity contribution in [2.24, 2.45) is 0 Å². The van der Waals surface area contributed by atoms with Crippen LogP contribution in [0.5, 0.6) is 0 Å². The Labute approximate surface area is 134 Å². The van der Waals surface area contributed by atoms with Crippen molar-refractivity contribution in [1.82, 2.24) is 15.1 Å². The van der Waals surface area contributed by atoms with E-state index in [1.54, 1.807) is 16.9 Å². The average Bonchev–Trinajstić information content (AvgIpc) is 3.06. The summed E-state index contributed by atoms with van der Waals surface area (Å²) in [5.41, 5.74) is -0.0940. The van der Waals surface area contributed by atoms with Crippen LogP contribution in [0.1, 0.15) is 42.6 Å². The molecule has 1 heterocycles. The largest absolute Gasteiger partial charge is 0.480 e. The van der Waals surface area contributed by atoms with E-state index in [1.807, 2.05) is 30.3 Å². The molecule has 23 heavy (non-hydrogen) atoms. The summed E-state index contributed by atoms with van der Waals surface area (Å²) in [6.45, 7) is 0. The Kier molecular flexibility index (Phi) is 4.14. The van der Waals surface area contributed by atoms with Crippen LogP contribution in [-0.2, 0) is 4.79 Å². The van der Waals surface area contributed by atoms with Gasteiger partial charge in [-0.1, -0.05) is 37.5 Å². The molecule has 1 fully saturated rings. The number of benzene rings is 1. The first kappa shape index (κ1) is 15.3. The highest BCUT2D eigenvalue weighted by Crippen LogP contribution is 2.28. The summed E-state index contributed by atoms with van der Waals surface area (Å²) in [4.78, 5) is 24.0. The zero-order chi connectivity index (χ0) is 16.3. The monoisotopic (exact) mass is 313 g/mol. The molecule has 2 aromatic rings. The molecule has 3 rings (SSSR count). The summed E-state index contributed by atoms with van der Waals surface area (Å²) in [5, 5.41) is 16.5. The zero-order valence-corrected chi connectivity index (χ0v) is 12.7. The summed E-state index contributed by atoms with van der Waals surface area (Å²) in [5.74, 6) is -1.41. The molecular formula is C17H19N3O3. The Morgan fingerprint density at radius 2 is 1.78 bits per heavy atom. The third-order valence-corrected chi connectivity index (χ3v) is 4.31. The Balaban J connectivity index is 1.78. The molecule has 0 aliphatic heterocycles. The van der Waals surface area contributed by atoms with E-state index in [2.05, 4.69) is 10.4 Å². The molecule has 6 heteroatoms. The minimum atomic E-state index is -1.16. The van der Waals surface area contributed by atoms with E-state index >= 15 is 0 Å². The van der Waals surface area contributed by atoms with Gasteiger partial charge in [0.15, 0.2) is 5.69 Å². The van der Waals surface area contributed by atoms with Gasteiger partial charge in [-0.05, 0) is 31.0 Å². The maximum Gasteiger partial charge on any atom is 0.329 e. The first-order valence-electron chi connectivity index (χ1n) is 7.78. The SMILES string of the molecule is O=C(NC1(C(=O)O)CCCCC1)c1ccn(-c2ccccc2)n1. The summed E-state index contributed by atoms with van der Waals surface area (Å²) < 4.78 is 1.60. The molecule has 1 aromatic heterocycles. The molecule has 1 aliphatic rings. The van der Waals surface area contributed by atoms with Gasteiger partial charge in [0.1, 0.15) is 5.54 Å². The van der Waals surface area contributed by atoms with Crippen molar-refractivity contribution >= 4 is 11.9 Å². The minimum absolute atomic E-state index is 0.222. The van der Waals surface area contributed by atoms with Crippen LogP contribution in [0.25, 0.3) is 5.69 Å². The molecule has 0 radical (unpaired) electrons. The van der Waals surface area contributed by atoms with E-state index < -0.39 is 17.4 Å². The number of carbonyl (C=O) groups is 2. The molecule has 0 atom stereocenters. The van der Waals surface area contributed by atoms with Gasteiger partial charge in [-0.2, -0.15) is 5.10 Å². The van der Waals surface area contributed by atoms with Crippen LogP contribution in [0.4, 0.5) is 0 Å². The van der Waals surface area contributed by atoms with Crippen LogP contribution in [-0.4, -0.2) is 32.3 Å². The highest BCUT2D eigenvalue weighted by molar-refractivity contribution is 5.96. The van der Waals surface area contributed by atoms with E-state index in [4.69, 9.17) is 0 Å². The number of hydrogen-bond donors (Lipinski definition) is 2. The summed E-state index contributed by atoms with van der Waals surface area (Å²) in [7, 11) is 0. The quantitative estimate of drug-likeness (QED) is 0.907. The number of hydrogen-bond acceptors (Lipinski definition) is 3. The van der Waals surface area contributed by atoms with Crippen molar-refractivity contribution in [3.63, 3.8) is 0 Å². The predicted molar refractivity (Wildman–Crippen MR) is 84.5 cm³/mol. The molecule has 1 amide bonds. The number of rotatable bonds is 4. The number of para-hydroxylation sites is 1. The topological polar surface area (TPSA) is 84.2 Å². The molecule has 1 saturated carbocycles. The molecule has 1 aliphatic carbocycles. The number of amides is 1. The normalized spacial score (nSPS) is 16.7. The van der Waals surface area contributed by atoms with Gasteiger partial charge in [0.05, 0.1) is 5.69 Å². The number of carbonyl (C=O) groups excluding carboxylic acids is 1. The lowest BCUT2D eigenvalue weighted by Crippen LogP contribution is -2.55. The van der Waals surface area contributed by atoms with E-state index in [0.717, 1.165) is 24.9 Å². The second kappa shape index (κ2) is 6.24. The van der Waals surface area contributed by atoms with Gasteiger partial charge in [-0.3, -0.25) is 4.79 Å². The third kappa shape index (κ3) is 3.11. The highest BCUT2D eigenvalue weighted by Gasteiger charge is 2.41. The van der Waals surface area contributed by atoms with E-state index in [0.29, 0.717) is 12.8 Å². The van der Waals surface area contributed by atoms with Gasteiger partial charge < -0.3 is 10.4 Å². The van der Waals surface area contributed by atoms with E-state index in [-0.39, 0.29) is 5.69 Å². The van der Waals surface area contributed by atoms with E-state index in [9.17, 15) is 14.7 Å². The molecule has 0 saturated heterocycles. The highest BCUT2D eigenvalue weighted by atomic mass is 16.4. The van der Waals surface area contributed by atoms with Gasteiger partial charge in [-0.25, -0.2) is 9.48 Å². The summed E-state index contributed by atoms with van der Waals surface area (Å²) in [6.07, 6.45) is 5.25. The van der Waals surface area contributed by atoms with Gasteiger partial charge >= 0.3 is 5.97 Å². The van der Waals surface area contributed by atoms with Crippen LogP contribution >= 0.6 is 0 Å². The lowest BCUT2D eigenvalue weighted by molar-refractivity contribution is -0.145. The molecule has 120 valence electrons. The number of aliphatic carboxylic acids is 1. The summed E-state index contributed by atoms with van der Waals surface area (Å²) >= 11 is 0. The van der Waals surface area contributed by atoms with Crippen molar-refractivity contribution in [3.05, 3.63) is 48.3 Å². The standard InChI is InChI=1S/C17H19N3O3/c21-15(18-17(16(22)23)10-5-2-6-11-17)14-9-12-20(19-14)13-7-3-1-4-8-13/h1,3-4,7-9,12H,2,5-6,10-11H2,(H,18,21)(H,22,23). The van der Waals surface area contributed by atoms with Gasteiger partial charge in [0.2, 0.25) is 0 Å². The van der Waals surface area contributed by atoms with Gasteiger partial charge in [0, 0.05) is 6.20 Å². The fourth-order valence-corrected chi connectivity index (χ4v) is 3.00. The molecule has 0 bridgehead atoms. The van der Waals surface area contributed by atoms with Crippen molar-refractivity contribution in [3.8, 4) is 5.69 Å². The zero-order valence-electron chi connectivity index (χ0n) is 12.7. The molecular weight excluding hydrogens is 294 g/mol. The maximum atomic E-state index is 12.4.